The normalized spacial score (nSPS) is 25.2. The minimum atomic E-state index is -3.97. The first-order valence-corrected chi connectivity index (χ1v) is 22.7. The fraction of sp³-hybridized carbons (Fsp3) is 0.667. The van der Waals surface area contributed by atoms with Gasteiger partial charge in [0.2, 0.25) is 0 Å². The molecule has 0 saturated carbocycles. The summed E-state index contributed by atoms with van der Waals surface area (Å²) in [4.78, 5) is 0. The fourth-order valence-electron chi connectivity index (χ4n) is 4.76. The molecule has 2 aliphatic rings. The number of hydrogen-bond donors (Lipinski definition) is 0. The Morgan fingerprint density at radius 3 is 1.32 bits per heavy atom. The Kier molecular flexibility index (Phi) is 6.95. The van der Waals surface area contributed by atoms with Gasteiger partial charge >= 0.3 is 185 Å². The van der Waals surface area contributed by atoms with Crippen LogP contribution in [0, 0.1) is 10.8 Å². The number of allylic oxidation sites excluding steroid dienone is 8. The van der Waals surface area contributed by atoms with Crippen LogP contribution in [0.15, 0.2) is 46.6 Å². The van der Waals surface area contributed by atoms with Crippen LogP contribution >= 0.6 is 18.6 Å². The van der Waals surface area contributed by atoms with Gasteiger partial charge in [0.25, 0.3) is 0 Å². The molecule has 0 spiro atoms. The van der Waals surface area contributed by atoms with Crippen molar-refractivity contribution in [2.75, 3.05) is 0 Å². The molecule has 2 rings (SSSR count). The number of rotatable bonds is 5. The summed E-state index contributed by atoms with van der Waals surface area (Å²) in [6.45, 7) is 21.8. The predicted octanol–water partition coefficient (Wildman–Crippen LogP) is 9.19. The molecule has 0 aromatic rings. The van der Waals surface area contributed by atoms with Gasteiger partial charge in [0.1, 0.15) is 0 Å². The van der Waals surface area contributed by atoms with E-state index in [9.17, 15) is 0 Å². The molecule has 0 amide bonds. The van der Waals surface area contributed by atoms with E-state index in [1.54, 1.807) is 0 Å². The van der Waals surface area contributed by atoms with Crippen molar-refractivity contribution in [2.24, 2.45) is 10.8 Å². The molecule has 0 fully saturated rings. The molecule has 0 nitrogen and oxygen atoms in total. The van der Waals surface area contributed by atoms with Gasteiger partial charge in [0, 0.05) is 0 Å². The molecular formula is C24H41Cl2SiTi. The Hall–Kier alpha value is 0.471. The third-order valence-electron chi connectivity index (χ3n) is 7.01. The van der Waals surface area contributed by atoms with Crippen molar-refractivity contribution in [2.45, 2.75) is 89.8 Å². The van der Waals surface area contributed by atoms with Crippen LogP contribution in [0.25, 0.3) is 0 Å². The molecule has 28 heavy (non-hydrogen) atoms. The molecule has 0 aliphatic heterocycles. The SMILES string of the molecule is CCC1=CC(C(C)(C)C)=C[CH]1[Ti]([Cl])([Cl])([CH]1C=C(C(C)(C)C)C=C1CC)[SiH](C)C. The number of hydrogen-bond acceptors (Lipinski definition) is 0. The van der Waals surface area contributed by atoms with Gasteiger partial charge in [-0.3, -0.25) is 0 Å². The first-order valence-electron chi connectivity index (χ1n) is 11.0. The van der Waals surface area contributed by atoms with Gasteiger partial charge < -0.3 is 0 Å². The van der Waals surface area contributed by atoms with Gasteiger partial charge in [0.05, 0.1) is 0 Å². The first-order chi connectivity index (χ1) is 12.6. The zero-order valence-corrected chi connectivity index (χ0v) is 23.9. The van der Waals surface area contributed by atoms with E-state index < -0.39 is 19.1 Å². The molecule has 2 aliphatic carbocycles. The molecule has 2 atom stereocenters. The summed E-state index contributed by atoms with van der Waals surface area (Å²) in [6.07, 6.45) is 11.9. The van der Waals surface area contributed by atoms with Gasteiger partial charge in [-0.15, -0.1) is 0 Å². The van der Waals surface area contributed by atoms with Crippen LogP contribution in [0.3, 0.4) is 0 Å². The zero-order chi connectivity index (χ0) is 21.7. The van der Waals surface area contributed by atoms with Crippen molar-refractivity contribution in [3.05, 3.63) is 46.6 Å². The van der Waals surface area contributed by atoms with E-state index in [4.69, 9.17) is 18.6 Å². The maximum absolute atomic E-state index is 7.97. The summed E-state index contributed by atoms with van der Waals surface area (Å²) in [5, 5.41) is 0. The van der Waals surface area contributed by atoms with Gasteiger partial charge in [-0.25, -0.2) is 0 Å². The summed E-state index contributed by atoms with van der Waals surface area (Å²) < 4.78 is 0.531. The van der Waals surface area contributed by atoms with E-state index in [0.717, 1.165) is 12.8 Å². The molecule has 4 heteroatoms. The second-order valence-electron chi connectivity index (χ2n) is 11.2. The molecule has 159 valence electrons. The molecule has 2 unspecified atom stereocenters. The van der Waals surface area contributed by atoms with Gasteiger partial charge in [-0.2, -0.15) is 0 Å². The third kappa shape index (κ3) is 4.13. The average molecular weight is 476 g/mol. The van der Waals surface area contributed by atoms with Gasteiger partial charge in [-0.05, 0) is 0 Å². The van der Waals surface area contributed by atoms with E-state index in [0.29, 0.717) is 0 Å². The van der Waals surface area contributed by atoms with Crippen LogP contribution in [-0.4, -0.2) is 6.66 Å². The van der Waals surface area contributed by atoms with Gasteiger partial charge in [0.15, 0.2) is 0 Å². The molecule has 0 radical (unpaired) electrons. The molecule has 0 N–H and O–H groups in total. The van der Waals surface area contributed by atoms with Crippen molar-refractivity contribution >= 4 is 25.3 Å². The Balaban J connectivity index is 2.72. The Labute approximate surface area is 184 Å². The van der Waals surface area contributed by atoms with Crippen molar-refractivity contribution in [3.63, 3.8) is 0 Å². The average Bonchev–Trinajstić information content (AvgIpc) is 3.19. The van der Waals surface area contributed by atoms with E-state index in [2.05, 4.69) is 92.8 Å². The first kappa shape index (κ1) is 24.7. The van der Waals surface area contributed by atoms with Crippen molar-refractivity contribution in [1.82, 2.24) is 0 Å². The molecule has 0 saturated heterocycles. The quantitative estimate of drug-likeness (QED) is 0.347. The van der Waals surface area contributed by atoms with Crippen LogP contribution in [0.2, 0.25) is 21.5 Å². The van der Waals surface area contributed by atoms with Crippen LogP contribution in [0.5, 0.6) is 0 Å². The minimum absolute atomic E-state index is 0.132. The molecule has 0 aromatic heterocycles. The summed E-state index contributed by atoms with van der Waals surface area (Å²) >= 11 is -3.97. The van der Waals surface area contributed by atoms with Crippen LogP contribution in [-0.2, 0) is 12.4 Å². The Morgan fingerprint density at radius 2 is 1.11 bits per heavy atom. The van der Waals surface area contributed by atoms with Crippen LogP contribution in [0.4, 0.5) is 0 Å². The molecule has 0 bridgehead atoms. The standard InChI is InChI=1S/2C11H17.C2H7Si.2ClH.Ti/c2*1-5-9-6-7-10(8-9)11(2,3)4;1-3-2;;;/h2*6-8H,5H2,1-4H3;3H,1-2H3;2*1H;/q;;;;;+2/p-2. The fourth-order valence-corrected chi connectivity index (χ4v) is 24.1. The van der Waals surface area contributed by atoms with E-state index in [-0.39, 0.29) is 19.3 Å². The summed E-state index contributed by atoms with van der Waals surface area (Å²) in [6, 6.07) is 0. The van der Waals surface area contributed by atoms with Crippen molar-refractivity contribution in [1.29, 1.82) is 0 Å². The van der Waals surface area contributed by atoms with E-state index in [1.807, 2.05) is 0 Å². The summed E-state index contributed by atoms with van der Waals surface area (Å²) in [5.74, 6) is 0. The molecule has 0 aromatic carbocycles. The van der Waals surface area contributed by atoms with Crippen molar-refractivity contribution in [3.8, 4) is 0 Å². The van der Waals surface area contributed by atoms with E-state index in [1.165, 1.54) is 22.3 Å². The summed E-state index contributed by atoms with van der Waals surface area (Å²) in [7, 11) is 15.9. The molecular weight excluding hydrogens is 435 g/mol. The zero-order valence-electron chi connectivity index (χ0n) is 19.7. The number of halogens is 2. The third-order valence-corrected chi connectivity index (χ3v) is 42.6. The molecule has 0 heterocycles. The Morgan fingerprint density at radius 1 is 0.786 bits per heavy atom. The summed E-state index contributed by atoms with van der Waals surface area (Å²) in [5.41, 5.74) is 6.05. The topological polar surface area (TPSA) is 0 Å². The maximum atomic E-state index is 7.97. The predicted molar refractivity (Wildman–Crippen MR) is 130 cm³/mol. The monoisotopic (exact) mass is 475 g/mol. The van der Waals surface area contributed by atoms with Crippen LogP contribution < -0.4 is 0 Å². The Bertz CT molecular complexity index is 696. The second-order valence-corrected chi connectivity index (χ2v) is 40.6. The van der Waals surface area contributed by atoms with Gasteiger partial charge in [-0.1, -0.05) is 0 Å². The van der Waals surface area contributed by atoms with E-state index >= 15 is 0 Å². The second kappa shape index (κ2) is 7.87. The van der Waals surface area contributed by atoms with Crippen molar-refractivity contribution < 1.29 is 12.4 Å². The van der Waals surface area contributed by atoms with Crippen LogP contribution in [0.1, 0.15) is 68.2 Å².